The minimum absolute atomic E-state index is 0.165. The van der Waals surface area contributed by atoms with Gasteiger partial charge in [-0.2, -0.15) is 0 Å². The Hall–Kier alpha value is -1.63. The van der Waals surface area contributed by atoms with Gasteiger partial charge in [-0.1, -0.05) is 19.3 Å². The zero-order valence-electron chi connectivity index (χ0n) is 11.6. The number of aliphatic carboxylic acids is 2. The summed E-state index contributed by atoms with van der Waals surface area (Å²) in [7, 11) is 0. The Labute approximate surface area is 117 Å². The van der Waals surface area contributed by atoms with E-state index in [1.807, 2.05) is 0 Å². The zero-order valence-corrected chi connectivity index (χ0v) is 11.6. The molecule has 0 aliphatic heterocycles. The summed E-state index contributed by atoms with van der Waals surface area (Å²) in [5, 5.41) is 17.9. The Morgan fingerprint density at radius 3 is 2.20 bits per heavy atom. The molecular formula is C13H22N2O5. The van der Waals surface area contributed by atoms with Crippen molar-refractivity contribution in [1.29, 1.82) is 0 Å². The highest BCUT2D eigenvalue weighted by Gasteiger charge is 2.35. The number of hydrogen-bond acceptors (Lipinski definition) is 4. The van der Waals surface area contributed by atoms with Crippen LogP contribution in [0.5, 0.6) is 0 Å². The van der Waals surface area contributed by atoms with E-state index < -0.39 is 36.4 Å². The number of hydrogen-bond donors (Lipinski definition) is 3. The predicted octanol–water partition coefficient (Wildman–Crippen LogP) is 0.423. The molecule has 4 N–H and O–H groups in total. The fourth-order valence-electron chi connectivity index (χ4n) is 2.63. The molecule has 1 rings (SSSR count). The number of nitrogens with two attached hydrogens (primary N) is 1. The van der Waals surface area contributed by atoms with Gasteiger partial charge in [-0.25, -0.2) is 4.79 Å². The van der Waals surface area contributed by atoms with Crippen molar-refractivity contribution >= 4 is 17.8 Å². The van der Waals surface area contributed by atoms with Crippen LogP contribution in [-0.2, 0) is 14.4 Å². The van der Waals surface area contributed by atoms with E-state index in [2.05, 4.69) is 0 Å². The maximum Gasteiger partial charge on any atom is 0.326 e. The lowest BCUT2D eigenvalue weighted by Crippen LogP contribution is -2.55. The number of carboxylic acids is 2. The number of nitrogens with zero attached hydrogens (tertiary/aromatic N) is 1. The van der Waals surface area contributed by atoms with Crippen molar-refractivity contribution in [3.63, 3.8) is 0 Å². The zero-order chi connectivity index (χ0) is 15.3. The number of carbonyl (C=O) groups is 3. The monoisotopic (exact) mass is 286 g/mol. The lowest BCUT2D eigenvalue weighted by Gasteiger charge is -2.38. The van der Waals surface area contributed by atoms with E-state index >= 15 is 0 Å². The molecule has 2 atom stereocenters. The van der Waals surface area contributed by atoms with Crippen LogP contribution >= 0.6 is 0 Å². The van der Waals surface area contributed by atoms with Gasteiger partial charge in [0.05, 0.1) is 12.5 Å². The van der Waals surface area contributed by atoms with Crippen LogP contribution in [-0.4, -0.2) is 51.1 Å². The first-order valence-corrected chi connectivity index (χ1v) is 6.87. The van der Waals surface area contributed by atoms with Crippen LogP contribution < -0.4 is 5.73 Å². The molecule has 0 aromatic rings. The Kier molecular flexibility index (Phi) is 5.94. The minimum atomic E-state index is -1.20. The molecule has 114 valence electrons. The summed E-state index contributed by atoms with van der Waals surface area (Å²) >= 11 is 0. The third kappa shape index (κ3) is 4.19. The van der Waals surface area contributed by atoms with Gasteiger partial charge in [0.1, 0.15) is 6.04 Å². The summed E-state index contributed by atoms with van der Waals surface area (Å²) in [5.41, 5.74) is 5.60. The van der Waals surface area contributed by atoms with Crippen LogP contribution in [0.25, 0.3) is 0 Å². The molecule has 1 aliphatic carbocycles. The molecule has 20 heavy (non-hydrogen) atoms. The molecule has 7 heteroatoms. The first kappa shape index (κ1) is 16.4. The van der Waals surface area contributed by atoms with Crippen molar-refractivity contribution in [1.82, 2.24) is 4.90 Å². The van der Waals surface area contributed by atoms with Crippen molar-refractivity contribution in [3.05, 3.63) is 0 Å². The van der Waals surface area contributed by atoms with Crippen LogP contribution in [0.1, 0.15) is 45.4 Å². The Bertz CT molecular complexity index is 379. The van der Waals surface area contributed by atoms with Gasteiger partial charge in [-0.3, -0.25) is 9.59 Å². The standard InChI is InChI=1S/C13H22N2O5/c1-8(13(19)20)15(9-5-3-2-4-6-9)12(18)10(14)7-11(16)17/h8-10H,2-7,14H2,1H3,(H,16,17)(H,19,20)/t8-,10-/m0/s1. The Morgan fingerprint density at radius 1 is 1.20 bits per heavy atom. The highest BCUT2D eigenvalue weighted by atomic mass is 16.4. The second-order valence-corrected chi connectivity index (χ2v) is 5.26. The van der Waals surface area contributed by atoms with E-state index in [0.717, 1.165) is 32.1 Å². The quantitative estimate of drug-likeness (QED) is 0.650. The third-order valence-corrected chi connectivity index (χ3v) is 3.71. The van der Waals surface area contributed by atoms with Gasteiger partial charge in [0.25, 0.3) is 0 Å². The van der Waals surface area contributed by atoms with Crippen LogP contribution in [0.4, 0.5) is 0 Å². The summed E-state index contributed by atoms with van der Waals surface area (Å²) in [6, 6.07) is -2.36. The van der Waals surface area contributed by atoms with E-state index in [0.29, 0.717) is 0 Å². The lowest BCUT2D eigenvalue weighted by atomic mass is 9.92. The molecule has 1 amide bonds. The topological polar surface area (TPSA) is 121 Å². The highest BCUT2D eigenvalue weighted by Crippen LogP contribution is 2.25. The van der Waals surface area contributed by atoms with Gasteiger partial charge in [0.15, 0.2) is 0 Å². The SMILES string of the molecule is C[C@@H](C(=O)O)N(C(=O)[C@@H](N)CC(=O)O)C1CCCCC1. The smallest absolute Gasteiger partial charge is 0.326 e. The minimum Gasteiger partial charge on any atom is -0.481 e. The Balaban J connectivity index is 2.88. The molecule has 0 saturated heterocycles. The van der Waals surface area contributed by atoms with Gasteiger partial charge in [0, 0.05) is 6.04 Å². The second kappa shape index (κ2) is 7.23. The predicted molar refractivity (Wildman–Crippen MR) is 71.0 cm³/mol. The van der Waals surface area contributed by atoms with Crippen LogP contribution in [0.15, 0.2) is 0 Å². The van der Waals surface area contributed by atoms with E-state index in [1.54, 1.807) is 0 Å². The average Bonchev–Trinajstić information content (AvgIpc) is 2.39. The largest absolute Gasteiger partial charge is 0.481 e. The molecule has 1 saturated carbocycles. The number of rotatable bonds is 6. The molecule has 0 bridgehead atoms. The summed E-state index contributed by atoms with van der Waals surface area (Å²) in [5.74, 6) is -2.86. The number of amides is 1. The van der Waals surface area contributed by atoms with Crippen molar-refractivity contribution in [2.45, 2.75) is 63.6 Å². The van der Waals surface area contributed by atoms with Gasteiger partial charge in [-0.15, -0.1) is 0 Å². The van der Waals surface area contributed by atoms with Gasteiger partial charge in [-0.05, 0) is 19.8 Å². The molecule has 0 aromatic heterocycles. The highest BCUT2D eigenvalue weighted by molar-refractivity contribution is 5.89. The molecule has 0 aromatic carbocycles. The van der Waals surface area contributed by atoms with Crippen molar-refractivity contribution in [2.24, 2.45) is 5.73 Å². The Morgan fingerprint density at radius 2 is 1.75 bits per heavy atom. The van der Waals surface area contributed by atoms with Gasteiger partial charge < -0.3 is 20.8 Å². The third-order valence-electron chi connectivity index (χ3n) is 3.71. The first-order valence-electron chi connectivity index (χ1n) is 6.87. The lowest BCUT2D eigenvalue weighted by molar-refractivity contribution is -0.153. The normalized spacial score (nSPS) is 19.1. The summed E-state index contributed by atoms with van der Waals surface area (Å²) < 4.78 is 0. The molecule has 7 nitrogen and oxygen atoms in total. The second-order valence-electron chi connectivity index (χ2n) is 5.26. The molecule has 0 heterocycles. The van der Waals surface area contributed by atoms with Crippen molar-refractivity contribution in [2.75, 3.05) is 0 Å². The van der Waals surface area contributed by atoms with Crippen molar-refractivity contribution < 1.29 is 24.6 Å². The molecule has 0 unspecified atom stereocenters. The fourth-order valence-corrected chi connectivity index (χ4v) is 2.63. The molecule has 0 radical (unpaired) electrons. The van der Waals surface area contributed by atoms with Crippen LogP contribution in [0, 0.1) is 0 Å². The summed E-state index contributed by atoms with van der Waals surface area (Å²) in [6.45, 7) is 1.43. The van der Waals surface area contributed by atoms with E-state index in [-0.39, 0.29) is 6.04 Å². The van der Waals surface area contributed by atoms with Gasteiger partial charge >= 0.3 is 11.9 Å². The van der Waals surface area contributed by atoms with Crippen LogP contribution in [0.3, 0.4) is 0 Å². The van der Waals surface area contributed by atoms with E-state index in [9.17, 15) is 14.4 Å². The summed E-state index contributed by atoms with van der Waals surface area (Å²) in [4.78, 5) is 35.4. The van der Waals surface area contributed by atoms with Gasteiger partial charge in [0.2, 0.25) is 5.91 Å². The molecule has 1 aliphatic rings. The van der Waals surface area contributed by atoms with E-state index in [1.165, 1.54) is 11.8 Å². The number of carbonyl (C=O) groups excluding carboxylic acids is 1. The summed E-state index contributed by atoms with van der Waals surface area (Å²) in [6.07, 6.45) is 3.94. The first-order chi connectivity index (χ1) is 9.34. The molecule has 1 fully saturated rings. The molecular weight excluding hydrogens is 264 g/mol. The fraction of sp³-hybridized carbons (Fsp3) is 0.769. The maximum absolute atomic E-state index is 12.3. The number of carboxylic acid groups (broad SMARTS) is 2. The van der Waals surface area contributed by atoms with E-state index in [4.69, 9.17) is 15.9 Å². The molecule has 0 spiro atoms. The van der Waals surface area contributed by atoms with Crippen molar-refractivity contribution in [3.8, 4) is 0 Å². The average molecular weight is 286 g/mol. The van der Waals surface area contributed by atoms with Crippen LogP contribution in [0.2, 0.25) is 0 Å². The maximum atomic E-state index is 12.3.